The summed E-state index contributed by atoms with van der Waals surface area (Å²) >= 11 is 0. The predicted molar refractivity (Wildman–Crippen MR) is 53.7 cm³/mol. The Labute approximate surface area is 84.8 Å². The summed E-state index contributed by atoms with van der Waals surface area (Å²) < 4.78 is 0. The minimum Gasteiger partial charge on any atom is -0.336 e. The Balaban J connectivity index is 1.88. The number of hydrogen-bond acceptors (Lipinski definition) is 2. The molecule has 2 saturated heterocycles. The van der Waals surface area contributed by atoms with E-state index in [1.807, 2.05) is 0 Å². The molecule has 3 nitrogen and oxygen atoms in total. The molecule has 3 aliphatic rings. The quantitative estimate of drug-likeness (QED) is 0.629. The Morgan fingerprint density at radius 2 is 2.00 bits per heavy atom. The molecule has 1 aliphatic carbocycles. The third-order valence-corrected chi connectivity index (χ3v) is 4.14. The van der Waals surface area contributed by atoms with Gasteiger partial charge in [-0.1, -0.05) is 6.42 Å². The maximum atomic E-state index is 11.8. The second-order valence-electron chi connectivity index (χ2n) is 4.93. The van der Waals surface area contributed by atoms with Crippen molar-refractivity contribution in [2.24, 2.45) is 0 Å². The molecule has 1 unspecified atom stereocenters. The zero-order valence-corrected chi connectivity index (χ0v) is 8.59. The van der Waals surface area contributed by atoms with Crippen LogP contribution in [-0.2, 0) is 4.79 Å². The normalized spacial score (nSPS) is 36.0. The third-order valence-electron chi connectivity index (χ3n) is 4.14. The molecule has 0 aromatic heterocycles. The van der Waals surface area contributed by atoms with Crippen LogP contribution in [0, 0.1) is 0 Å². The van der Waals surface area contributed by atoms with Gasteiger partial charge in [-0.2, -0.15) is 0 Å². The van der Waals surface area contributed by atoms with Crippen LogP contribution in [0.1, 0.15) is 44.9 Å². The van der Waals surface area contributed by atoms with Crippen LogP contribution in [-0.4, -0.2) is 29.1 Å². The molecule has 3 heteroatoms. The van der Waals surface area contributed by atoms with Crippen LogP contribution < -0.4 is 5.32 Å². The molecule has 1 atom stereocenters. The molecule has 2 aliphatic heterocycles. The molecular weight excluding hydrogens is 176 g/mol. The van der Waals surface area contributed by atoms with Crippen molar-refractivity contribution in [3.8, 4) is 0 Å². The predicted octanol–water partition coefficient (Wildman–Crippen LogP) is 1.24. The minimum absolute atomic E-state index is 0.0799. The zero-order chi connectivity index (χ0) is 9.60. The van der Waals surface area contributed by atoms with Crippen molar-refractivity contribution in [3.63, 3.8) is 0 Å². The third kappa shape index (κ3) is 1.05. The van der Waals surface area contributed by atoms with Crippen molar-refractivity contribution in [1.29, 1.82) is 0 Å². The first kappa shape index (κ1) is 8.72. The van der Waals surface area contributed by atoms with Gasteiger partial charge in [-0.05, 0) is 38.5 Å². The summed E-state index contributed by atoms with van der Waals surface area (Å²) in [5, 5.41) is 3.26. The maximum Gasteiger partial charge on any atom is 0.238 e. The first-order valence-corrected chi connectivity index (χ1v) is 5.91. The van der Waals surface area contributed by atoms with Crippen molar-refractivity contribution >= 4 is 5.91 Å². The van der Waals surface area contributed by atoms with E-state index >= 15 is 0 Å². The lowest BCUT2D eigenvalue weighted by atomic mass is 9.88. The van der Waals surface area contributed by atoms with E-state index in [1.54, 1.807) is 0 Å². The molecule has 1 amide bonds. The van der Waals surface area contributed by atoms with Crippen LogP contribution in [0.15, 0.2) is 0 Å². The zero-order valence-electron chi connectivity index (χ0n) is 8.59. The van der Waals surface area contributed by atoms with Gasteiger partial charge >= 0.3 is 0 Å². The highest BCUT2D eigenvalue weighted by Gasteiger charge is 2.52. The smallest absolute Gasteiger partial charge is 0.238 e. The Kier molecular flexibility index (Phi) is 1.84. The fourth-order valence-corrected chi connectivity index (χ4v) is 3.48. The van der Waals surface area contributed by atoms with E-state index in [0.29, 0.717) is 5.91 Å². The van der Waals surface area contributed by atoms with Crippen molar-refractivity contribution in [2.75, 3.05) is 6.54 Å². The molecule has 3 rings (SSSR count). The topological polar surface area (TPSA) is 32.3 Å². The Morgan fingerprint density at radius 3 is 2.79 bits per heavy atom. The van der Waals surface area contributed by atoms with E-state index in [9.17, 15) is 4.79 Å². The van der Waals surface area contributed by atoms with Crippen LogP contribution in [0.4, 0.5) is 0 Å². The number of amides is 1. The molecule has 0 bridgehead atoms. The Morgan fingerprint density at radius 1 is 1.21 bits per heavy atom. The lowest BCUT2D eigenvalue weighted by Crippen LogP contribution is -2.53. The van der Waals surface area contributed by atoms with E-state index in [4.69, 9.17) is 0 Å². The summed E-state index contributed by atoms with van der Waals surface area (Å²) in [6, 6.07) is 0.216. The van der Waals surface area contributed by atoms with Gasteiger partial charge in [0, 0.05) is 6.54 Å². The van der Waals surface area contributed by atoms with Crippen molar-refractivity contribution in [3.05, 3.63) is 0 Å². The Bertz CT molecular complexity index is 258. The fraction of sp³-hybridized carbons (Fsp3) is 0.909. The number of nitrogens with one attached hydrogen (secondary N) is 1. The van der Waals surface area contributed by atoms with Gasteiger partial charge < -0.3 is 5.32 Å². The van der Waals surface area contributed by atoms with Crippen molar-refractivity contribution in [2.45, 2.75) is 56.7 Å². The second-order valence-corrected chi connectivity index (χ2v) is 4.93. The molecule has 2 heterocycles. The van der Waals surface area contributed by atoms with Gasteiger partial charge in [0.2, 0.25) is 5.91 Å². The van der Waals surface area contributed by atoms with Gasteiger partial charge in [-0.15, -0.1) is 0 Å². The first-order chi connectivity index (χ1) is 6.82. The number of hydrogen-bond donors (Lipinski definition) is 1. The molecule has 0 aromatic rings. The summed E-state index contributed by atoms with van der Waals surface area (Å²) in [5.41, 5.74) is 0.0799. The molecule has 14 heavy (non-hydrogen) atoms. The second kappa shape index (κ2) is 2.96. The summed E-state index contributed by atoms with van der Waals surface area (Å²) in [6.45, 7) is 1.13. The number of carbonyl (C=O) groups excluding carboxylic acids is 1. The molecule has 1 saturated carbocycles. The highest BCUT2D eigenvalue weighted by atomic mass is 16.2. The van der Waals surface area contributed by atoms with E-state index in [2.05, 4.69) is 10.2 Å². The van der Waals surface area contributed by atoms with E-state index in [0.717, 1.165) is 13.0 Å². The maximum absolute atomic E-state index is 11.8. The van der Waals surface area contributed by atoms with Gasteiger partial charge in [0.15, 0.2) is 0 Å². The fourth-order valence-electron chi connectivity index (χ4n) is 3.48. The molecule has 0 aromatic carbocycles. The van der Waals surface area contributed by atoms with Crippen LogP contribution in [0.3, 0.4) is 0 Å². The molecule has 1 spiro atoms. The summed E-state index contributed by atoms with van der Waals surface area (Å²) in [4.78, 5) is 14.2. The highest BCUT2D eigenvalue weighted by Crippen LogP contribution is 2.40. The lowest BCUT2D eigenvalue weighted by molar-refractivity contribution is -0.121. The van der Waals surface area contributed by atoms with Gasteiger partial charge in [0.1, 0.15) is 0 Å². The first-order valence-electron chi connectivity index (χ1n) is 5.91. The molecular formula is C11H18N2O. The van der Waals surface area contributed by atoms with Gasteiger partial charge in [0.25, 0.3) is 0 Å². The number of carbonyl (C=O) groups is 1. The van der Waals surface area contributed by atoms with Crippen LogP contribution in [0.5, 0.6) is 0 Å². The van der Waals surface area contributed by atoms with Gasteiger partial charge in [-0.25, -0.2) is 0 Å². The van der Waals surface area contributed by atoms with Crippen LogP contribution in [0.25, 0.3) is 0 Å². The van der Waals surface area contributed by atoms with Crippen LogP contribution in [0.2, 0.25) is 0 Å². The molecule has 3 fully saturated rings. The minimum atomic E-state index is 0.0799. The van der Waals surface area contributed by atoms with E-state index in [-0.39, 0.29) is 11.7 Å². The lowest BCUT2D eigenvalue weighted by Gasteiger charge is -2.40. The number of fused-ring (bicyclic) bond motifs is 2. The van der Waals surface area contributed by atoms with Crippen LogP contribution >= 0.6 is 0 Å². The van der Waals surface area contributed by atoms with Gasteiger partial charge in [0.05, 0.1) is 11.7 Å². The van der Waals surface area contributed by atoms with Gasteiger partial charge in [-0.3, -0.25) is 9.69 Å². The molecule has 78 valence electrons. The summed E-state index contributed by atoms with van der Waals surface area (Å²) in [6.07, 6.45) is 8.54. The highest BCUT2D eigenvalue weighted by molar-refractivity contribution is 5.85. The average Bonchev–Trinajstić information content (AvgIpc) is 2.74. The van der Waals surface area contributed by atoms with E-state index in [1.165, 1.54) is 38.5 Å². The monoisotopic (exact) mass is 194 g/mol. The average molecular weight is 194 g/mol. The summed E-state index contributed by atoms with van der Waals surface area (Å²) in [5.74, 6) is 0.296. The van der Waals surface area contributed by atoms with E-state index < -0.39 is 0 Å². The molecule has 1 N–H and O–H groups in total. The van der Waals surface area contributed by atoms with Crippen molar-refractivity contribution < 1.29 is 4.79 Å². The standard InChI is InChI=1S/C11H18N2O/c14-10-9-5-4-8-13(9)11(12-10)6-2-1-3-7-11/h9H,1-8H2,(H,12,14). The number of rotatable bonds is 0. The number of nitrogens with zero attached hydrogens (tertiary/aromatic N) is 1. The van der Waals surface area contributed by atoms with Crippen molar-refractivity contribution in [1.82, 2.24) is 10.2 Å². The largest absolute Gasteiger partial charge is 0.336 e. The SMILES string of the molecule is O=C1NC2(CCCCC2)N2CCCC12. The molecule has 0 radical (unpaired) electrons. The Hall–Kier alpha value is -0.570. The summed E-state index contributed by atoms with van der Waals surface area (Å²) in [7, 11) is 0.